The lowest BCUT2D eigenvalue weighted by atomic mass is 9.99. The van der Waals surface area contributed by atoms with Crippen molar-refractivity contribution in [1.82, 2.24) is 19.3 Å². The Morgan fingerprint density at radius 2 is 1.84 bits per heavy atom. The van der Waals surface area contributed by atoms with E-state index in [0.717, 1.165) is 32.1 Å². The molecule has 1 aliphatic carbocycles. The van der Waals surface area contributed by atoms with Gasteiger partial charge in [0.05, 0.1) is 5.75 Å². The van der Waals surface area contributed by atoms with Crippen molar-refractivity contribution in [3.8, 4) is 0 Å². The van der Waals surface area contributed by atoms with E-state index in [2.05, 4.69) is 22.3 Å². The van der Waals surface area contributed by atoms with Crippen molar-refractivity contribution in [2.45, 2.75) is 83.8 Å². The maximum atomic E-state index is 13.7. The van der Waals surface area contributed by atoms with E-state index in [0.29, 0.717) is 50.6 Å². The minimum Gasteiger partial charge on any atom is -0.444 e. The molecule has 3 aliphatic rings. The van der Waals surface area contributed by atoms with Gasteiger partial charge in [-0.3, -0.25) is 0 Å². The van der Waals surface area contributed by atoms with E-state index >= 15 is 0 Å². The van der Waals surface area contributed by atoms with Crippen LogP contribution in [-0.2, 0) is 27.6 Å². The summed E-state index contributed by atoms with van der Waals surface area (Å²) in [6, 6.07) is 9.92. The minimum absolute atomic E-state index is 0.00585. The van der Waals surface area contributed by atoms with Crippen LogP contribution in [0.25, 0.3) is 0 Å². The second-order valence-corrected chi connectivity index (χ2v) is 14.3. The molecule has 1 atom stereocenters. The molecule has 2 saturated heterocycles. The molecule has 5 rings (SSSR count). The smallest absolute Gasteiger partial charge is 0.410 e. The molecule has 0 N–H and O–H groups in total. The predicted octanol–water partition coefficient (Wildman–Crippen LogP) is 4.75. The highest BCUT2D eigenvalue weighted by Crippen LogP contribution is 2.59. The third-order valence-corrected chi connectivity index (χ3v) is 9.96. The zero-order valence-electron chi connectivity index (χ0n) is 22.8. The number of ether oxygens (including phenoxy) is 1. The molecule has 38 heavy (non-hydrogen) atoms. The summed E-state index contributed by atoms with van der Waals surface area (Å²) in [6.07, 6.45) is 6.33. The third-order valence-electron chi connectivity index (χ3n) is 7.97. The van der Waals surface area contributed by atoms with Gasteiger partial charge >= 0.3 is 6.09 Å². The second kappa shape index (κ2) is 10.6. The highest BCUT2D eigenvalue weighted by atomic mass is 32.2. The van der Waals surface area contributed by atoms with Crippen molar-refractivity contribution in [3.63, 3.8) is 0 Å². The Labute approximate surface area is 226 Å². The van der Waals surface area contributed by atoms with Crippen LogP contribution in [0, 0.1) is 11.3 Å². The first kappa shape index (κ1) is 27.1. The Morgan fingerprint density at radius 3 is 2.50 bits per heavy atom. The molecular formula is C28H40N4O5S. The fourth-order valence-electron chi connectivity index (χ4n) is 5.66. The molecule has 3 heterocycles. The average molecular weight is 545 g/mol. The topological polar surface area (TPSA) is 106 Å². The highest BCUT2D eigenvalue weighted by Gasteiger charge is 2.57. The van der Waals surface area contributed by atoms with Crippen LogP contribution in [-0.4, -0.2) is 64.8 Å². The highest BCUT2D eigenvalue weighted by molar-refractivity contribution is 7.89. The molecule has 1 spiro atoms. The molecule has 1 aromatic heterocycles. The van der Waals surface area contributed by atoms with Crippen LogP contribution in [0.3, 0.4) is 0 Å². The predicted molar refractivity (Wildman–Crippen MR) is 143 cm³/mol. The Kier molecular flexibility index (Phi) is 7.57. The first-order valence-electron chi connectivity index (χ1n) is 13.9. The fraction of sp³-hybridized carbons (Fsp3) is 0.679. The maximum absolute atomic E-state index is 13.7. The van der Waals surface area contributed by atoms with Crippen molar-refractivity contribution in [3.05, 3.63) is 47.6 Å². The molecule has 9 nitrogen and oxygen atoms in total. The summed E-state index contributed by atoms with van der Waals surface area (Å²) >= 11 is 0. The number of amides is 1. The van der Waals surface area contributed by atoms with E-state index in [-0.39, 0.29) is 29.2 Å². The van der Waals surface area contributed by atoms with Crippen LogP contribution in [0.5, 0.6) is 0 Å². The number of nitrogens with zero attached hydrogens (tertiary/aromatic N) is 4. The monoisotopic (exact) mass is 544 g/mol. The van der Waals surface area contributed by atoms with Gasteiger partial charge in [0.15, 0.2) is 5.82 Å². The Morgan fingerprint density at radius 1 is 1.13 bits per heavy atom. The lowest BCUT2D eigenvalue weighted by Gasteiger charge is -2.34. The van der Waals surface area contributed by atoms with E-state index in [1.165, 1.54) is 5.56 Å². The number of piperidine rings is 1. The Bertz CT molecular complexity index is 1210. The van der Waals surface area contributed by atoms with Gasteiger partial charge in [-0.2, -0.15) is 9.29 Å². The number of hydrogen-bond donors (Lipinski definition) is 0. The summed E-state index contributed by atoms with van der Waals surface area (Å²) in [7, 11) is -3.53. The number of benzene rings is 1. The van der Waals surface area contributed by atoms with Gasteiger partial charge in [-0.25, -0.2) is 13.2 Å². The molecule has 3 fully saturated rings. The van der Waals surface area contributed by atoms with Gasteiger partial charge in [0, 0.05) is 26.1 Å². The molecule has 1 aromatic carbocycles. The lowest BCUT2D eigenvalue weighted by Crippen LogP contribution is -2.44. The van der Waals surface area contributed by atoms with Crippen molar-refractivity contribution in [2.75, 3.05) is 25.4 Å². The third kappa shape index (κ3) is 6.57. The van der Waals surface area contributed by atoms with Crippen LogP contribution in [0.2, 0.25) is 0 Å². The van der Waals surface area contributed by atoms with E-state index in [1.54, 1.807) is 9.21 Å². The number of likely N-dealkylation sites (tertiary alicyclic amines) is 1. The molecule has 0 bridgehead atoms. The summed E-state index contributed by atoms with van der Waals surface area (Å²) in [5.41, 5.74) is 0.786. The van der Waals surface area contributed by atoms with Gasteiger partial charge in [0.1, 0.15) is 11.6 Å². The molecular weight excluding hydrogens is 504 g/mol. The van der Waals surface area contributed by atoms with Gasteiger partial charge in [0.2, 0.25) is 15.9 Å². The molecule has 2 aliphatic heterocycles. The number of aromatic nitrogens is 2. The number of carbonyl (C=O) groups is 1. The number of rotatable bonds is 8. The quantitative estimate of drug-likeness (QED) is 0.472. The molecule has 1 saturated carbocycles. The van der Waals surface area contributed by atoms with Crippen LogP contribution < -0.4 is 0 Å². The largest absolute Gasteiger partial charge is 0.444 e. The first-order chi connectivity index (χ1) is 18.0. The van der Waals surface area contributed by atoms with Crippen LogP contribution >= 0.6 is 0 Å². The number of aryl methyl sites for hydroxylation is 2. The van der Waals surface area contributed by atoms with Crippen molar-refractivity contribution in [2.24, 2.45) is 11.3 Å². The van der Waals surface area contributed by atoms with E-state index in [4.69, 9.17) is 9.26 Å². The van der Waals surface area contributed by atoms with Gasteiger partial charge in [-0.05, 0) is 82.6 Å². The zero-order chi connectivity index (χ0) is 27.0. The normalized spacial score (nSPS) is 22.2. The summed E-state index contributed by atoms with van der Waals surface area (Å²) < 4.78 is 40.1. The summed E-state index contributed by atoms with van der Waals surface area (Å²) in [4.78, 5) is 18.7. The number of sulfonamides is 1. The van der Waals surface area contributed by atoms with Gasteiger partial charge in [0.25, 0.3) is 0 Å². The Balaban J connectivity index is 1.19. The zero-order valence-corrected chi connectivity index (χ0v) is 23.6. The van der Waals surface area contributed by atoms with Crippen LogP contribution in [0.1, 0.15) is 82.6 Å². The molecule has 10 heteroatoms. The SMILES string of the molecule is CC(C)(C)OC(=O)N1CCC(CS(=O)(=O)N2CC3(CC3)C[C@H]2c2nc(CCCc3ccccc3)no2)CC1. The Hall–Kier alpha value is -2.46. The molecule has 2 aromatic rings. The van der Waals surface area contributed by atoms with Crippen molar-refractivity contribution >= 4 is 16.1 Å². The number of carbonyl (C=O) groups excluding carboxylic acids is 1. The van der Waals surface area contributed by atoms with Crippen molar-refractivity contribution in [1.29, 1.82) is 0 Å². The van der Waals surface area contributed by atoms with Crippen LogP contribution in [0.15, 0.2) is 34.9 Å². The number of hydrogen-bond acceptors (Lipinski definition) is 7. The summed E-state index contributed by atoms with van der Waals surface area (Å²) in [5, 5.41) is 4.19. The summed E-state index contributed by atoms with van der Waals surface area (Å²) in [6.45, 7) is 7.10. The molecule has 0 radical (unpaired) electrons. The van der Waals surface area contributed by atoms with Crippen molar-refractivity contribution < 1.29 is 22.5 Å². The van der Waals surface area contributed by atoms with E-state index < -0.39 is 15.6 Å². The molecule has 1 amide bonds. The maximum Gasteiger partial charge on any atom is 0.410 e. The summed E-state index contributed by atoms with van der Waals surface area (Å²) in [5.74, 6) is 1.15. The standard InChI is InChI=1S/C28H40N4O5S/c1-27(2,3)36-26(33)31-16-12-22(13-17-31)19-38(34,35)32-20-28(14-15-28)18-23(32)25-29-24(30-37-25)11-7-10-21-8-5-4-6-9-21/h4-6,8-9,22-23H,7,10-20H2,1-3H3/t23-/m0/s1. The van der Waals surface area contributed by atoms with E-state index in [9.17, 15) is 13.2 Å². The van der Waals surface area contributed by atoms with Gasteiger partial charge in [-0.1, -0.05) is 35.5 Å². The van der Waals surface area contributed by atoms with Crippen LogP contribution in [0.4, 0.5) is 4.79 Å². The fourth-order valence-corrected chi connectivity index (χ4v) is 7.80. The first-order valence-corrected chi connectivity index (χ1v) is 15.5. The second-order valence-electron chi connectivity index (χ2n) is 12.3. The van der Waals surface area contributed by atoms with Gasteiger partial charge < -0.3 is 14.2 Å². The van der Waals surface area contributed by atoms with Gasteiger partial charge in [-0.15, -0.1) is 0 Å². The lowest BCUT2D eigenvalue weighted by molar-refractivity contribution is 0.0190. The average Bonchev–Trinajstić information content (AvgIpc) is 3.26. The molecule has 208 valence electrons. The molecule has 0 unspecified atom stereocenters. The minimum atomic E-state index is -3.53. The van der Waals surface area contributed by atoms with E-state index in [1.807, 2.05) is 39.0 Å².